The van der Waals surface area contributed by atoms with E-state index in [0.29, 0.717) is 12.2 Å². The third kappa shape index (κ3) is 5.57. The lowest BCUT2D eigenvalue weighted by molar-refractivity contribution is 0.0523. The normalized spacial score (nSPS) is 10.4. The Labute approximate surface area is 112 Å². The van der Waals surface area contributed by atoms with Crippen LogP contribution in [0.2, 0.25) is 0 Å². The van der Waals surface area contributed by atoms with Gasteiger partial charge in [0.2, 0.25) is 0 Å². The maximum Gasteiger partial charge on any atom is 0.407 e. The van der Waals surface area contributed by atoms with Gasteiger partial charge < -0.3 is 10.1 Å². The van der Waals surface area contributed by atoms with Crippen LogP contribution in [0.4, 0.5) is 10.5 Å². The van der Waals surface area contributed by atoms with Crippen LogP contribution in [-0.2, 0) is 11.3 Å². The third-order valence-electron chi connectivity index (χ3n) is 1.92. The van der Waals surface area contributed by atoms with Gasteiger partial charge in [0.15, 0.2) is 0 Å². The fourth-order valence-electron chi connectivity index (χ4n) is 1.28. The highest BCUT2D eigenvalue weighted by atomic mass is 32.1. The van der Waals surface area contributed by atoms with E-state index in [1.165, 1.54) is 0 Å². The summed E-state index contributed by atoms with van der Waals surface area (Å²) in [5.41, 5.74) is 1.15. The van der Waals surface area contributed by atoms with E-state index >= 15 is 0 Å². The van der Waals surface area contributed by atoms with Crippen LogP contribution in [0, 0.1) is 0 Å². The number of carbonyl (C=O) groups is 1. The van der Waals surface area contributed by atoms with E-state index < -0.39 is 11.7 Å². The average molecular weight is 264 g/mol. The number of hydrogen-bond acceptors (Lipinski definition) is 4. The highest BCUT2D eigenvalue weighted by Gasteiger charge is 2.15. The van der Waals surface area contributed by atoms with Gasteiger partial charge in [-0.05, 0) is 50.7 Å². The monoisotopic (exact) mass is 264 g/mol. The van der Waals surface area contributed by atoms with E-state index in [4.69, 9.17) is 4.74 Å². The molecule has 1 aromatic carbocycles. The lowest BCUT2D eigenvalue weighted by atomic mass is 10.2. The van der Waals surface area contributed by atoms with Crippen molar-refractivity contribution in [3.8, 4) is 0 Å². The van der Waals surface area contributed by atoms with Crippen LogP contribution in [0.5, 0.6) is 0 Å². The number of amides is 1. The van der Waals surface area contributed by atoms with Crippen LogP contribution in [0.15, 0.2) is 29.3 Å². The molecule has 1 N–H and O–H groups in total. The van der Waals surface area contributed by atoms with Gasteiger partial charge in [0.1, 0.15) is 5.60 Å². The molecule has 0 spiro atoms. The van der Waals surface area contributed by atoms with Crippen LogP contribution >= 0.6 is 12.2 Å². The summed E-state index contributed by atoms with van der Waals surface area (Å²) < 4.78 is 5.13. The minimum atomic E-state index is -0.493. The second-order valence-electron chi connectivity index (χ2n) is 4.73. The van der Waals surface area contributed by atoms with E-state index in [1.807, 2.05) is 45.0 Å². The fourth-order valence-corrected chi connectivity index (χ4v) is 1.38. The zero-order valence-electron chi connectivity index (χ0n) is 10.7. The van der Waals surface area contributed by atoms with Crippen molar-refractivity contribution in [2.45, 2.75) is 32.9 Å². The second-order valence-corrected chi connectivity index (χ2v) is 4.91. The van der Waals surface area contributed by atoms with E-state index in [-0.39, 0.29) is 0 Å². The van der Waals surface area contributed by atoms with E-state index in [1.54, 1.807) is 0 Å². The average Bonchev–Trinajstić information content (AvgIpc) is 2.25. The smallest absolute Gasteiger partial charge is 0.407 e. The number of nitrogens with one attached hydrogen (secondary N) is 1. The highest BCUT2D eigenvalue weighted by Crippen LogP contribution is 2.13. The number of ether oxygens (including phenoxy) is 1. The molecule has 1 rings (SSSR count). The van der Waals surface area contributed by atoms with Crippen molar-refractivity contribution >= 4 is 29.2 Å². The molecular formula is C13H16N2O2S. The largest absolute Gasteiger partial charge is 0.444 e. The van der Waals surface area contributed by atoms with Crippen LogP contribution < -0.4 is 5.32 Å². The van der Waals surface area contributed by atoms with E-state index in [9.17, 15) is 4.79 Å². The number of thiocarbonyl (C=S) groups is 1. The van der Waals surface area contributed by atoms with Gasteiger partial charge in [-0.1, -0.05) is 12.1 Å². The summed E-state index contributed by atoms with van der Waals surface area (Å²) in [5.74, 6) is 0. The standard InChI is InChI=1S/C13H16N2O2S/c1-13(2,3)17-12(16)14-8-10-5-4-6-11(7-10)15-9-18/h4-7H,8H2,1-3H3,(H,14,16). The first kappa shape index (κ1) is 14.4. The zero-order chi connectivity index (χ0) is 13.6. The second kappa shape index (κ2) is 6.28. The Balaban J connectivity index is 2.56. The van der Waals surface area contributed by atoms with Gasteiger partial charge in [0.05, 0.1) is 10.8 Å². The van der Waals surface area contributed by atoms with Crippen LogP contribution in [-0.4, -0.2) is 16.9 Å². The molecule has 0 aliphatic heterocycles. The van der Waals surface area contributed by atoms with Crippen LogP contribution in [0.1, 0.15) is 26.3 Å². The Kier molecular flexibility index (Phi) is 5.01. The first-order chi connectivity index (χ1) is 8.40. The number of benzene rings is 1. The predicted molar refractivity (Wildman–Crippen MR) is 74.2 cm³/mol. The van der Waals surface area contributed by atoms with Crippen molar-refractivity contribution in [2.24, 2.45) is 4.99 Å². The van der Waals surface area contributed by atoms with E-state index in [2.05, 4.69) is 27.7 Å². The first-order valence-electron chi connectivity index (χ1n) is 5.54. The summed E-state index contributed by atoms with van der Waals surface area (Å²) in [6.07, 6.45) is -0.439. The Morgan fingerprint density at radius 1 is 1.50 bits per heavy atom. The molecule has 0 aromatic heterocycles. The Hall–Kier alpha value is -1.71. The van der Waals surface area contributed by atoms with Crippen molar-refractivity contribution in [1.82, 2.24) is 5.32 Å². The summed E-state index contributed by atoms with van der Waals surface area (Å²) in [5, 5.41) is 4.98. The minimum Gasteiger partial charge on any atom is -0.444 e. The predicted octanol–water partition coefficient (Wildman–Crippen LogP) is 3.45. The molecular weight excluding hydrogens is 248 g/mol. The van der Waals surface area contributed by atoms with Gasteiger partial charge in [-0.15, -0.1) is 0 Å². The number of alkyl carbamates (subject to hydrolysis) is 1. The molecule has 0 bridgehead atoms. The summed E-state index contributed by atoms with van der Waals surface area (Å²) >= 11 is 4.54. The quantitative estimate of drug-likeness (QED) is 0.672. The summed E-state index contributed by atoms with van der Waals surface area (Å²) in [7, 11) is 0. The van der Waals surface area contributed by atoms with Gasteiger partial charge >= 0.3 is 6.09 Å². The number of nitrogens with zero attached hydrogens (tertiary/aromatic N) is 1. The topological polar surface area (TPSA) is 50.7 Å². The maximum atomic E-state index is 11.5. The number of aliphatic imine (C=N–C) groups is 1. The Morgan fingerprint density at radius 3 is 2.83 bits per heavy atom. The lowest BCUT2D eigenvalue weighted by Gasteiger charge is -2.19. The Morgan fingerprint density at radius 2 is 2.22 bits per heavy atom. The molecule has 0 aliphatic carbocycles. The zero-order valence-corrected chi connectivity index (χ0v) is 11.5. The summed E-state index contributed by atoms with van der Waals surface area (Å²) in [4.78, 5) is 15.3. The first-order valence-corrected chi connectivity index (χ1v) is 5.95. The molecule has 0 atom stereocenters. The Bertz CT molecular complexity index is 474. The lowest BCUT2D eigenvalue weighted by Crippen LogP contribution is -2.32. The molecule has 0 unspecified atom stereocenters. The van der Waals surface area contributed by atoms with E-state index in [0.717, 1.165) is 5.56 Å². The number of carbonyl (C=O) groups excluding carboxylic acids is 1. The molecule has 0 aliphatic rings. The van der Waals surface area contributed by atoms with Gasteiger partial charge in [-0.2, -0.15) is 4.99 Å². The van der Waals surface area contributed by atoms with Crippen LogP contribution in [0.3, 0.4) is 0 Å². The molecule has 0 fully saturated rings. The fraction of sp³-hybridized carbons (Fsp3) is 0.385. The molecule has 0 radical (unpaired) electrons. The molecule has 4 nitrogen and oxygen atoms in total. The maximum absolute atomic E-state index is 11.5. The SMILES string of the molecule is CC(C)(C)OC(=O)NCc1cccc(N=C=S)c1. The summed E-state index contributed by atoms with van der Waals surface area (Å²) in [6, 6.07) is 7.38. The molecule has 0 saturated carbocycles. The van der Waals surface area contributed by atoms with Gasteiger partial charge in [0.25, 0.3) is 0 Å². The molecule has 0 saturated heterocycles. The van der Waals surface area contributed by atoms with Crippen molar-refractivity contribution in [1.29, 1.82) is 0 Å². The molecule has 0 heterocycles. The van der Waals surface area contributed by atoms with Gasteiger partial charge in [0, 0.05) is 6.54 Å². The third-order valence-corrected chi connectivity index (χ3v) is 2.01. The molecule has 1 aromatic rings. The van der Waals surface area contributed by atoms with Gasteiger partial charge in [-0.3, -0.25) is 0 Å². The summed E-state index contributed by atoms with van der Waals surface area (Å²) in [6.45, 7) is 5.85. The van der Waals surface area contributed by atoms with Crippen molar-refractivity contribution in [3.05, 3.63) is 29.8 Å². The minimum absolute atomic E-state index is 0.385. The number of isothiocyanates is 1. The molecule has 96 valence electrons. The van der Waals surface area contributed by atoms with Gasteiger partial charge in [-0.25, -0.2) is 4.79 Å². The van der Waals surface area contributed by atoms with Crippen molar-refractivity contribution in [3.63, 3.8) is 0 Å². The molecule has 18 heavy (non-hydrogen) atoms. The van der Waals surface area contributed by atoms with Crippen molar-refractivity contribution < 1.29 is 9.53 Å². The number of hydrogen-bond donors (Lipinski definition) is 1. The van der Waals surface area contributed by atoms with Crippen molar-refractivity contribution in [2.75, 3.05) is 0 Å². The highest BCUT2D eigenvalue weighted by molar-refractivity contribution is 7.78. The van der Waals surface area contributed by atoms with Crippen LogP contribution in [0.25, 0.3) is 0 Å². The molecule has 1 amide bonds. The molecule has 5 heteroatoms. The number of rotatable bonds is 3.